The van der Waals surface area contributed by atoms with E-state index < -0.39 is 6.10 Å². The molecule has 2 atom stereocenters. The van der Waals surface area contributed by atoms with Gasteiger partial charge in [-0.1, -0.05) is 6.92 Å². The molecule has 0 spiro atoms. The van der Waals surface area contributed by atoms with Crippen LogP contribution in [0.3, 0.4) is 0 Å². The quantitative estimate of drug-likeness (QED) is 0.789. The summed E-state index contributed by atoms with van der Waals surface area (Å²) in [5, 5.41) is 9.91. The number of aliphatic hydroxyl groups excluding tert-OH is 1. The monoisotopic (exact) mass is 198 g/mol. The van der Waals surface area contributed by atoms with Gasteiger partial charge in [0, 0.05) is 19.3 Å². The van der Waals surface area contributed by atoms with Gasteiger partial charge in [-0.3, -0.25) is 0 Å². The summed E-state index contributed by atoms with van der Waals surface area (Å²) in [6.45, 7) is 4.55. The van der Waals surface area contributed by atoms with Gasteiger partial charge in [-0.15, -0.1) is 0 Å². The molecule has 3 heteroatoms. The van der Waals surface area contributed by atoms with E-state index in [4.69, 9.17) is 9.15 Å². The number of ether oxygens (including phenoxy) is 1. The Kier molecular flexibility index (Phi) is 4.17. The second kappa shape index (κ2) is 5.17. The second-order valence-electron chi connectivity index (χ2n) is 3.69. The van der Waals surface area contributed by atoms with Crippen molar-refractivity contribution in [2.24, 2.45) is 5.92 Å². The first-order chi connectivity index (χ1) is 6.65. The molecular weight excluding hydrogens is 180 g/mol. The highest BCUT2D eigenvalue weighted by Crippen LogP contribution is 2.25. The normalized spacial score (nSPS) is 15.4. The summed E-state index contributed by atoms with van der Waals surface area (Å²) in [7, 11) is 1.67. The molecule has 2 unspecified atom stereocenters. The topological polar surface area (TPSA) is 42.6 Å². The minimum atomic E-state index is -0.456. The van der Waals surface area contributed by atoms with Crippen LogP contribution in [0.15, 0.2) is 16.7 Å². The van der Waals surface area contributed by atoms with Gasteiger partial charge in [0.15, 0.2) is 0 Å². The number of hydrogen-bond donors (Lipinski definition) is 1. The number of hydrogen-bond acceptors (Lipinski definition) is 3. The molecule has 0 fully saturated rings. The maximum absolute atomic E-state index is 9.91. The molecule has 1 heterocycles. The van der Waals surface area contributed by atoms with Gasteiger partial charge in [0.1, 0.15) is 5.76 Å². The summed E-state index contributed by atoms with van der Waals surface area (Å²) in [6, 6.07) is 1.87. The minimum absolute atomic E-state index is 0.187. The van der Waals surface area contributed by atoms with Gasteiger partial charge in [-0.2, -0.15) is 0 Å². The molecule has 0 aliphatic rings. The van der Waals surface area contributed by atoms with Crippen LogP contribution in [-0.4, -0.2) is 18.8 Å². The van der Waals surface area contributed by atoms with Crippen LogP contribution < -0.4 is 0 Å². The summed E-state index contributed by atoms with van der Waals surface area (Å²) in [5.74, 6) is 1.02. The van der Waals surface area contributed by atoms with Crippen molar-refractivity contribution in [1.29, 1.82) is 0 Å². The summed E-state index contributed by atoms with van der Waals surface area (Å²) in [4.78, 5) is 0. The van der Waals surface area contributed by atoms with Gasteiger partial charge < -0.3 is 14.3 Å². The predicted octanol–water partition coefficient (Wildman–Crippen LogP) is 2.29. The molecule has 80 valence electrons. The largest absolute Gasteiger partial charge is 0.469 e. The maximum atomic E-state index is 9.91. The van der Waals surface area contributed by atoms with Crippen LogP contribution in [0.5, 0.6) is 0 Å². The van der Waals surface area contributed by atoms with E-state index in [1.54, 1.807) is 13.4 Å². The molecule has 0 aliphatic heterocycles. The third-order valence-corrected chi connectivity index (χ3v) is 2.41. The summed E-state index contributed by atoms with van der Waals surface area (Å²) in [6.07, 6.45) is 2.01. The van der Waals surface area contributed by atoms with Crippen molar-refractivity contribution >= 4 is 0 Å². The van der Waals surface area contributed by atoms with Gasteiger partial charge in [0.05, 0.1) is 12.4 Å². The third-order valence-electron chi connectivity index (χ3n) is 2.41. The molecule has 0 aliphatic carbocycles. The SMILES string of the molecule is COCCC(C)C(O)c1coc(C)c1. The molecule has 1 aromatic heterocycles. The fraction of sp³-hybridized carbons (Fsp3) is 0.636. The lowest BCUT2D eigenvalue weighted by Gasteiger charge is -2.16. The maximum Gasteiger partial charge on any atom is 0.101 e. The Morgan fingerprint density at radius 1 is 1.57 bits per heavy atom. The van der Waals surface area contributed by atoms with Crippen molar-refractivity contribution in [2.45, 2.75) is 26.4 Å². The number of aliphatic hydroxyl groups is 1. The lowest BCUT2D eigenvalue weighted by Crippen LogP contribution is -2.10. The zero-order valence-corrected chi connectivity index (χ0v) is 8.99. The smallest absolute Gasteiger partial charge is 0.101 e. The summed E-state index contributed by atoms with van der Waals surface area (Å²) >= 11 is 0. The highest BCUT2D eigenvalue weighted by molar-refractivity contribution is 5.15. The number of aryl methyl sites for hydroxylation is 1. The minimum Gasteiger partial charge on any atom is -0.469 e. The van der Waals surface area contributed by atoms with Gasteiger partial charge >= 0.3 is 0 Å². The fourth-order valence-electron chi connectivity index (χ4n) is 1.41. The van der Waals surface area contributed by atoms with Crippen LogP contribution >= 0.6 is 0 Å². The second-order valence-corrected chi connectivity index (χ2v) is 3.69. The van der Waals surface area contributed by atoms with Crippen LogP contribution in [0.1, 0.15) is 30.8 Å². The van der Waals surface area contributed by atoms with E-state index in [2.05, 4.69) is 0 Å². The highest BCUT2D eigenvalue weighted by atomic mass is 16.5. The van der Waals surface area contributed by atoms with Crippen LogP contribution in [0.2, 0.25) is 0 Å². The average molecular weight is 198 g/mol. The standard InChI is InChI=1S/C11H18O3/c1-8(4-5-13-3)11(12)10-6-9(2)14-7-10/h6-8,11-12H,4-5H2,1-3H3. The van der Waals surface area contributed by atoms with E-state index in [0.717, 1.165) is 17.7 Å². The van der Waals surface area contributed by atoms with Crippen LogP contribution in [0, 0.1) is 12.8 Å². The number of methoxy groups -OCH3 is 1. The molecule has 1 rings (SSSR count). The van der Waals surface area contributed by atoms with Crippen LogP contribution in [-0.2, 0) is 4.74 Å². The van der Waals surface area contributed by atoms with Crippen LogP contribution in [0.25, 0.3) is 0 Å². The Labute approximate surface area is 84.7 Å². The van der Waals surface area contributed by atoms with Crippen molar-refractivity contribution < 1.29 is 14.3 Å². The zero-order valence-electron chi connectivity index (χ0n) is 8.99. The van der Waals surface area contributed by atoms with E-state index in [-0.39, 0.29) is 5.92 Å². The highest BCUT2D eigenvalue weighted by Gasteiger charge is 2.17. The molecule has 14 heavy (non-hydrogen) atoms. The Bertz CT molecular complexity index is 267. The van der Waals surface area contributed by atoms with E-state index in [0.29, 0.717) is 6.61 Å². The van der Waals surface area contributed by atoms with Crippen molar-refractivity contribution in [1.82, 2.24) is 0 Å². The lowest BCUT2D eigenvalue weighted by molar-refractivity contribution is 0.0881. The first-order valence-corrected chi connectivity index (χ1v) is 4.87. The van der Waals surface area contributed by atoms with E-state index in [1.807, 2.05) is 19.9 Å². The van der Waals surface area contributed by atoms with E-state index >= 15 is 0 Å². The van der Waals surface area contributed by atoms with Crippen molar-refractivity contribution in [3.05, 3.63) is 23.7 Å². The molecular formula is C11H18O3. The fourth-order valence-corrected chi connectivity index (χ4v) is 1.41. The molecule has 0 amide bonds. The molecule has 0 radical (unpaired) electrons. The summed E-state index contributed by atoms with van der Waals surface area (Å²) in [5.41, 5.74) is 0.853. The molecule has 0 saturated heterocycles. The molecule has 1 aromatic rings. The van der Waals surface area contributed by atoms with Crippen molar-refractivity contribution in [2.75, 3.05) is 13.7 Å². The first-order valence-electron chi connectivity index (χ1n) is 4.87. The molecule has 0 saturated carbocycles. The Morgan fingerprint density at radius 3 is 2.79 bits per heavy atom. The zero-order chi connectivity index (χ0) is 10.6. The number of furan rings is 1. The van der Waals surface area contributed by atoms with E-state index in [1.165, 1.54) is 0 Å². The van der Waals surface area contributed by atoms with Gasteiger partial charge in [0.25, 0.3) is 0 Å². The lowest BCUT2D eigenvalue weighted by atomic mass is 9.97. The van der Waals surface area contributed by atoms with Gasteiger partial charge in [-0.25, -0.2) is 0 Å². The molecule has 1 N–H and O–H groups in total. The number of rotatable bonds is 5. The molecule has 3 nitrogen and oxygen atoms in total. The van der Waals surface area contributed by atoms with Gasteiger partial charge in [0.2, 0.25) is 0 Å². The molecule has 0 aromatic carbocycles. The average Bonchev–Trinajstić information content (AvgIpc) is 2.60. The van der Waals surface area contributed by atoms with Crippen LogP contribution in [0.4, 0.5) is 0 Å². The van der Waals surface area contributed by atoms with Gasteiger partial charge in [-0.05, 0) is 25.3 Å². The van der Waals surface area contributed by atoms with Crippen molar-refractivity contribution in [3.8, 4) is 0 Å². The van der Waals surface area contributed by atoms with Crippen molar-refractivity contribution in [3.63, 3.8) is 0 Å². The Balaban J connectivity index is 2.51. The Hall–Kier alpha value is -0.800. The molecule has 0 bridgehead atoms. The summed E-state index contributed by atoms with van der Waals surface area (Å²) < 4.78 is 10.1. The Morgan fingerprint density at radius 2 is 2.29 bits per heavy atom. The van der Waals surface area contributed by atoms with E-state index in [9.17, 15) is 5.11 Å². The first kappa shape index (κ1) is 11.3. The third kappa shape index (κ3) is 2.86. The predicted molar refractivity (Wildman–Crippen MR) is 54.1 cm³/mol.